The highest BCUT2D eigenvalue weighted by molar-refractivity contribution is 7.89. The molecular formula is C20H33N3O3S. The molecule has 1 aromatic carbocycles. The summed E-state index contributed by atoms with van der Waals surface area (Å²) in [6.07, 6.45) is 6.23. The van der Waals surface area contributed by atoms with Gasteiger partial charge in [0.1, 0.15) is 0 Å². The van der Waals surface area contributed by atoms with Crippen molar-refractivity contribution in [3.63, 3.8) is 0 Å². The van der Waals surface area contributed by atoms with Crippen molar-refractivity contribution in [3.8, 4) is 0 Å². The second-order valence-electron chi connectivity index (χ2n) is 7.22. The summed E-state index contributed by atoms with van der Waals surface area (Å²) in [6, 6.07) is 6.37. The van der Waals surface area contributed by atoms with Crippen LogP contribution < -0.4 is 10.6 Å². The molecule has 1 aromatic rings. The van der Waals surface area contributed by atoms with Crippen molar-refractivity contribution in [2.24, 2.45) is 5.92 Å². The fourth-order valence-corrected chi connectivity index (χ4v) is 5.12. The Bertz CT molecular complexity index is 694. The molecule has 1 saturated carbocycles. The SMILES string of the molecule is CCN(CC)S(=O)(=O)c1ccc([C@@H](C)NC(=O)NCCC2CCCC2)cc1. The van der Waals surface area contributed by atoms with Crippen molar-refractivity contribution >= 4 is 16.1 Å². The molecule has 1 aliphatic rings. The Morgan fingerprint density at radius 1 is 1.15 bits per heavy atom. The monoisotopic (exact) mass is 395 g/mol. The summed E-state index contributed by atoms with van der Waals surface area (Å²) >= 11 is 0. The van der Waals surface area contributed by atoms with Gasteiger partial charge in [-0.05, 0) is 37.0 Å². The first-order valence-corrected chi connectivity index (χ1v) is 11.5. The molecule has 2 N–H and O–H groups in total. The number of nitrogens with one attached hydrogen (secondary N) is 2. The third kappa shape index (κ3) is 5.94. The fraction of sp³-hybridized carbons (Fsp3) is 0.650. The molecule has 0 unspecified atom stereocenters. The van der Waals surface area contributed by atoms with E-state index in [4.69, 9.17) is 0 Å². The second-order valence-corrected chi connectivity index (χ2v) is 9.16. The third-order valence-corrected chi connectivity index (χ3v) is 7.45. The largest absolute Gasteiger partial charge is 0.338 e. The van der Waals surface area contributed by atoms with E-state index in [-0.39, 0.29) is 17.0 Å². The molecule has 6 nitrogen and oxygen atoms in total. The fourth-order valence-electron chi connectivity index (χ4n) is 3.66. The summed E-state index contributed by atoms with van der Waals surface area (Å²) in [5, 5.41) is 5.84. The summed E-state index contributed by atoms with van der Waals surface area (Å²) in [4.78, 5) is 12.3. The Hall–Kier alpha value is -1.60. The summed E-state index contributed by atoms with van der Waals surface area (Å²) in [5.74, 6) is 0.753. The second kappa shape index (κ2) is 10.1. The summed E-state index contributed by atoms with van der Waals surface area (Å²) in [6.45, 7) is 7.13. The Kier molecular flexibility index (Phi) is 8.10. The van der Waals surface area contributed by atoms with Crippen LogP contribution in [0.15, 0.2) is 29.2 Å². The van der Waals surface area contributed by atoms with Gasteiger partial charge in [0.05, 0.1) is 10.9 Å². The highest BCUT2D eigenvalue weighted by atomic mass is 32.2. The molecular weight excluding hydrogens is 362 g/mol. The number of nitrogens with zero attached hydrogens (tertiary/aromatic N) is 1. The molecule has 0 bridgehead atoms. The molecule has 0 spiro atoms. The molecule has 7 heteroatoms. The lowest BCUT2D eigenvalue weighted by Gasteiger charge is -2.19. The predicted octanol–water partition coefficient (Wildman–Crippen LogP) is 3.66. The van der Waals surface area contributed by atoms with Crippen LogP contribution in [0.25, 0.3) is 0 Å². The molecule has 152 valence electrons. The maximum absolute atomic E-state index is 12.5. The van der Waals surface area contributed by atoms with Crippen molar-refractivity contribution < 1.29 is 13.2 Å². The molecule has 1 aliphatic carbocycles. The van der Waals surface area contributed by atoms with Crippen molar-refractivity contribution in [2.45, 2.75) is 63.8 Å². The van der Waals surface area contributed by atoms with Crippen molar-refractivity contribution in [1.29, 1.82) is 0 Å². The van der Waals surface area contributed by atoms with Crippen molar-refractivity contribution in [3.05, 3.63) is 29.8 Å². The Balaban J connectivity index is 1.87. The lowest BCUT2D eigenvalue weighted by atomic mass is 10.0. The van der Waals surface area contributed by atoms with E-state index >= 15 is 0 Å². The number of hydrogen-bond donors (Lipinski definition) is 2. The normalized spacial score (nSPS) is 16.4. The van der Waals surface area contributed by atoms with E-state index in [1.54, 1.807) is 24.3 Å². The van der Waals surface area contributed by atoms with Crippen LogP contribution in [0, 0.1) is 5.92 Å². The first-order chi connectivity index (χ1) is 12.9. The number of amides is 2. The zero-order valence-corrected chi connectivity index (χ0v) is 17.5. The molecule has 2 amide bonds. The topological polar surface area (TPSA) is 78.5 Å². The standard InChI is InChI=1S/C20H33N3O3S/c1-4-23(5-2)27(25,26)19-12-10-18(11-13-19)16(3)22-20(24)21-15-14-17-8-6-7-9-17/h10-13,16-17H,4-9,14-15H2,1-3H3,(H2,21,22,24)/t16-/m1/s1. The van der Waals surface area contributed by atoms with Gasteiger partial charge >= 0.3 is 6.03 Å². The Morgan fingerprint density at radius 3 is 2.30 bits per heavy atom. The lowest BCUT2D eigenvalue weighted by molar-refractivity contribution is 0.237. The number of benzene rings is 1. The molecule has 0 saturated heterocycles. The molecule has 2 rings (SSSR count). The maximum Gasteiger partial charge on any atom is 0.315 e. The van der Waals surface area contributed by atoms with Gasteiger partial charge < -0.3 is 10.6 Å². The number of carbonyl (C=O) groups is 1. The van der Waals surface area contributed by atoms with Gasteiger partial charge in [0.15, 0.2) is 0 Å². The van der Waals surface area contributed by atoms with E-state index in [1.807, 2.05) is 20.8 Å². The Labute approximate surface area is 163 Å². The number of carbonyl (C=O) groups excluding carboxylic acids is 1. The van der Waals surface area contributed by atoms with Gasteiger partial charge in [-0.2, -0.15) is 4.31 Å². The van der Waals surface area contributed by atoms with Gasteiger partial charge in [0.2, 0.25) is 10.0 Å². The summed E-state index contributed by atoms with van der Waals surface area (Å²) in [5.41, 5.74) is 0.874. The van der Waals surface area contributed by atoms with Crippen molar-refractivity contribution in [2.75, 3.05) is 19.6 Å². The third-order valence-electron chi connectivity index (χ3n) is 5.38. The van der Waals surface area contributed by atoms with E-state index < -0.39 is 10.0 Å². The summed E-state index contributed by atoms with van der Waals surface area (Å²) < 4.78 is 26.5. The minimum Gasteiger partial charge on any atom is -0.338 e. The maximum atomic E-state index is 12.5. The molecule has 1 fully saturated rings. The van der Waals surface area contributed by atoms with E-state index in [0.29, 0.717) is 19.6 Å². The zero-order valence-electron chi connectivity index (χ0n) is 16.7. The number of rotatable bonds is 9. The highest BCUT2D eigenvalue weighted by Gasteiger charge is 2.21. The van der Waals surface area contributed by atoms with Crippen LogP contribution in [0.2, 0.25) is 0 Å². The molecule has 0 radical (unpaired) electrons. The van der Waals surface area contributed by atoms with Gasteiger partial charge in [0, 0.05) is 19.6 Å². The number of hydrogen-bond acceptors (Lipinski definition) is 3. The van der Waals surface area contributed by atoms with Crippen LogP contribution in [-0.2, 0) is 10.0 Å². The first-order valence-electron chi connectivity index (χ1n) is 10.0. The van der Waals surface area contributed by atoms with E-state index in [0.717, 1.165) is 17.9 Å². The van der Waals surface area contributed by atoms with Crippen LogP contribution in [0.3, 0.4) is 0 Å². The molecule has 0 aromatic heterocycles. The number of sulfonamides is 1. The van der Waals surface area contributed by atoms with E-state index in [1.165, 1.54) is 30.0 Å². The average Bonchev–Trinajstić information content (AvgIpc) is 3.16. The van der Waals surface area contributed by atoms with Gasteiger partial charge in [-0.1, -0.05) is 51.7 Å². The van der Waals surface area contributed by atoms with Crippen LogP contribution >= 0.6 is 0 Å². The first kappa shape index (κ1) is 21.7. The minimum atomic E-state index is -3.45. The van der Waals surface area contributed by atoms with Crippen LogP contribution in [0.4, 0.5) is 4.79 Å². The molecule has 27 heavy (non-hydrogen) atoms. The molecule has 0 heterocycles. The highest BCUT2D eigenvalue weighted by Crippen LogP contribution is 2.26. The number of urea groups is 1. The summed E-state index contributed by atoms with van der Waals surface area (Å²) in [7, 11) is -3.45. The molecule has 1 atom stereocenters. The zero-order chi connectivity index (χ0) is 19.9. The van der Waals surface area contributed by atoms with Crippen LogP contribution in [-0.4, -0.2) is 38.4 Å². The smallest absolute Gasteiger partial charge is 0.315 e. The van der Waals surface area contributed by atoms with Crippen molar-refractivity contribution in [1.82, 2.24) is 14.9 Å². The minimum absolute atomic E-state index is 0.180. The van der Waals surface area contributed by atoms with E-state index in [2.05, 4.69) is 10.6 Å². The predicted molar refractivity (Wildman–Crippen MR) is 108 cm³/mol. The van der Waals surface area contributed by atoms with Crippen LogP contribution in [0.5, 0.6) is 0 Å². The van der Waals surface area contributed by atoms with Gasteiger partial charge in [-0.25, -0.2) is 13.2 Å². The van der Waals surface area contributed by atoms with Gasteiger partial charge in [-0.3, -0.25) is 0 Å². The molecule has 0 aliphatic heterocycles. The Morgan fingerprint density at radius 2 is 1.74 bits per heavy atom. The van der Waals surface area contributed by atoms with Gasteiger partial charge in [-0.15, -0.1) is 0 Å². The average molecular weight is 396 g/mol. The van der Waals surface area contributed by atoms with Crippen LogP contribution in [0.1, 0.15) is 64.5 Å². The van der Waals surface area contributed by atoms with E-state index in [9.17, 15) is 13.2 Å². The van der Waals surface area contributed by atoms with Gasteiger partial charge in [0.25, 0.3) is 0 Å². The lowest BCUT2D eigenvalue weighted by Crippen LogP contribution is -2.37. The quantitative estimate of drug-likeness (QED) is 0.670.